The molecule has 3 heterocycles. The van der Waals surface area contributed by atoms with Crippen LogP contribution < -0.4 is 10.5 Å². The van der Waals surface area contributed by atoms with Crippen LogP contribution in [-0.2, 0) is 11.8 Å². The summed E-state index contributed by atoms with van der Waals surface area (Å²) in [5.74, 6) is 0.545. The van der Waals surface area contributed by atoms with Gasteiger partial charge in [-0.1, -0.05) is 18.2 Å². The molecule has 0 aliphatic carbocycles. The molecule has 140 valence electrons. The zero-order valence-electron chi connectivity index (χ0n) is 15.3. The molecule has 0 radical (unpaired) electrons. The Kier molecular flexibility index (Phi) is 4.83. The minimum absolute atomic E-state index is 0.168. The number of hydrogen-bond acceptors (Lipinski definition) is 7. The van der Waals surface area contributed by atoms with Gasteiger partial charge in [0.1, 0.15) is 12.4 Å². The van der Waals surface area contributed by atoms with Crippen molar-refractivity contribution in [1.29, 1.82) is 5.26 Å². The quantitative estimate of drug-likeness (QED) is 0.688. The molecular formula is C20H18N6O2. The monoisotopic (exact) mass is 374 g/mol. The van der Waals surface area contributed by atoms with Crippen molar-refractivity contribution in [2.75, 3.05) is 24.6 Å². The van der Waals surface area contributed by atoms with Gasteiger partial charge in [0.05, 0.1) is 36.2 Å². The van der Waals surface area contributed by atoms with Gasteiger partial charge in [0, 0.05) is 31.4 Å². The fourth-order valence-electron chi connectivity index (χ4n) is 3.28. The topological polar surface area (TPSA) is 96.9 Å². The molecule has 1 fully saturated rings. The Hall–Kier alpha value is -3.57. The molecule has 1 aliphatic rings. The Labute approximate surface area is 161 Å². The Morgan fingerprint density at radius 3 is 2.89 bits per heavy atom. The summed E-state index contributed by atoms with van der Waals surface area (Å²) in [5.41, 5.74) is 2.35. The van der Waals surface area contributed by atoms with Crippen molar-refractivity contribution >= 4 is 5.95 Å². The fourth-order valence-corrected chi connectivity index (χ4v) is 3.28. The highest BCUT2D eigenvalue weighted by Crippen LogP contribution is 2.27. The van der Waals surface area contributed by atoms with Gasteiger partial charge in [0.15, 0.2) is 0 Å². The summed E-state index contributed by atoms with van der Waals surface area (Å²) in [6, 6.07) is 12.8. The van der Waals surface area contributed by atoms with Crippen molar-refractivity contribution < 1.29 is 4.74 Å². The second-order valence-electron chi connectivity index (χ2n) is 6.44. The molecule has 1 atom stereocenters. The molecule has 1 saturated heterocycles. The first kappa shape index (κ1) is 17.8. The first-order chi connectivity index (χ1) is 13.7. The van der Waals surface area contributed by atoms with E-state index in [0.29, 0.717) is 42.6 Å². The number of morpholine rings is 1. The molecule has 0 bridgehead atoms. The lowest BCUT2D eigenvalue weighted by molar-refractivity contribution is 0.0388. The van der Waals surface area contributed by atoms with E-state index in [1.807, 2.05) is 23.1 Å². The number of nitriles is 1. The maximum atomic E-state index is 12.5. The van der Waals surface area contributed by atoms with Gasteiger partial charge in [-0.15, -0.1) is 0 Å². The van der Waals surface area contributed by atoms with Gasteiger partial charge in [-0.2, -0.15) is 5.26 Å². The molecule has 8 heteroatoms. The smallest absolute Gasteiger partial charge is 0.255 e. The van der Waals surface area contributed by atoms with Gasteiger partial charge < -0.3 is 9.64 Å². The van der Waals surface area contributed by atoms with Crippen LogP contribution in [0, 0.1) is 11.3 Å². The van der Waals surface area contributed by atoms with E-state index < -0.39 is 0 Å². The summed E-state index contributed by atoms with van der Waals surface area (Å²) in [6.07, 6.45) is 2.77. The van der Waals surface area contributed by atoms with Gasteiger partial charge in [-0.05, 0) is 12.1 Å². The van der Waals surface area contributed by atoms with E-state index >= 15 is 0 Å². The van der Waals surface area contributed by atoms with Gasteiger partial charge in [-0.3, -0.25) is 9.36 Å². The van der Waals surface area contributed by atoms with Crippen molar-refractivity contribution in [1.82, 2.24) is 19.5 Å². The second kappa shape index (κ2) is 7.58. The van der Waals surface area contributed by atoms with E-state index in [-0.39, 0.29) is 11.7 Å². The average molecular weight is 374 g/mol. The van der Waals surface area contributed by atoms with Crippen molar-refractivity contribution in [2.45, 2.75) is 6.10 Å². The van der Waals surface area contributed by atoms with Crippen molar-refractivity contribution in [3.05, 3.63) is 70.4 Å². The Morgan fingerprint density at radius 2 is 2.11 bits per heavy atom. The van der Waals surface area contributed by atoms with Crippen LogP contribution in [0.25, 0.3) is 11.4 Å². The van der Waals surface area contributed by atoms with E-state index in [9.17, 15) is 10.1 Å². The average Bonchev–Trinajstić information content (AvgIpc) is 2.76. The molecule has 1 unspecified atom stereocenters. The number of benzene rings is 1. The Morgan fingerprint density at radius 1 is 1.25 bits per heavy atom. The molecular weight excluding hydrogens is 356 g/mol. The number of aromatic nitrogens is 4. The molecule has 3 aromatic rings. The number of nitrogens with zero attached hydrogens (tertiary/aromatic N) is 6. The zero-order chi connectivity index (χ0) is 19.5. The van der Waals surface area contributed by atoms with E-state index in [1.54, 1.807) is 25.4 Å². The van der Waals surface area contributed by atoms with Crippen molar-refractivity contribution in [3.8, 4) is 17.5 Å². The first-order valence-electron chi connectivity index (χ1n) is 8.87. The zero-order valence-corrected chi connectivity index (χ0v) is 15.3. The maximum Gasteiger partial charge on any atom is 0.255 e. The third kappa shape index (κ3) is 3.35. The van der Waals surface area contributed by atoms with E-state index in [1.165, 1.54) is 17.0 Å². The van der Waals surface area contributed by atoms with E-state index in [4.69, 9.17) is 4.74 Å². The molecule has 4 rings (SSSR count). The third-order valence-corrected chi connectivity index (χ3v) is 4.73. The number of anilines is 1. The minimum atomic E-state index is -0.274. The molecule has 8 nitrogen and oxygen atoms in total. The Balaban J connectivity index is 1.70. The van der Waals surface area contributed by atoms with Crippen LogP contribution in [0.3, 0.4) is 0 Å². The predicted octanol–water partition coefficient (Wildman–Crippen LogP) is 1.69. The van der Waals surface area contributed by atoms with Gasteiger partial charge >= 0.3 is 0 Å². The molecule has 0 amide bonds. The molecule has 0 N–H and O–H groups in total. The Bertz CT molecular complexity index is 1090. The highest BCUT2D eigenvalue weighted by atomic mass is 16.5. The summed E-state index contributed by atoms with van der Waals surface area (Å²) in [5, 5.41) is 9.39. The van der Waals surface area contributed by atoms with Crippen LogP contribution in [0.1, 0.15) is 17.2 Å². The van der Waals surface area contributed by atoms with Crippen LogP contribution >= 0.6 is 0 Å². The minimum Gasteiger partial charge on any atom is -0.370 e. The molecule has 1 aliphatic heterocycles. The molecule has 28 heavy (non-hydrogen) atoms. The van der Waals surface area contributed by atoms with Crippen molar-refractivity contribution in [2.24, 2.45) is 7.05 Å². The summed E-state index contributed by atoms with van der Waals surface area (Å²) in [6.45, 7) is 1.56. The molecule has 1 aromatic carbocycles. The molecule has 0 saturated carbocycles. The second-order valence-corrected chi connectivity index (χ2v) is 6.44. The lowest BCUT2D eigenvalue weighted by atomic mass is 10.0. The summed E-state index contributed by atoms with van der Waals surface area (Å²) in [4.78, 5) is 27.3. The number of rotatable bonds is 3. The lowest BCUT2D eigenvalue weighted by Gasteiger charge is -2.34. The van der Waals surface area contributed by atoms with E-state index in [2.05, 4.69) is 21.0 Å². The van der Waals surface area contributed by atoms with Gasteiger partial charge in [0.2, 0.25) is 5.95 Å². The predicted molar refractivity (Wildman–Crippen MR) is 103 cm³/mol. The highest BCUT2D eigenvalue weighted by Gasteiger charge is 2.26. The summed E-state index contributed by atoms with van der Waals surface area (Å²) < 4.78 is 7.43. The van der Waals surface area contributed by atoms with Gasteiger partial charge in [-0.25, -0.2) is 15.0 Å². The summed E-state index contributed by atoms with van der Waals surface area (Å²) in [7, 11) is 1.70. The van der Waals surface area contributed by atoms with Crippen LogP contribution in [0.5, 0.6) is 0 Å². The fraction of sp³-hybridized carbons (Fsp3) is 0.250. The SMILES string of the molecule is Cn1c(N2CCOC(c3ccccc3C#N)C2)nc(-c2ccncn2)cc1=O. The lowest BCUT2D eigenvalue weighted by Crippen LogP contribution is -2.42. The molecule has 0 spiro atoms. The normalized spacial score (nSPS) is 16.6. The van der Waals surface area contributed by atoms with E-state index in [0.717, 1.165) is 5.56 Å². The highest BCUT2D eigenvalue weighted by molar-refractivity contribution is 5.55. The standard InChI is InChI=1S/C20H18N6O2/c1-25-19(27)10-17(16-6-7-22-13-23-16)24-20(25)26-8-9-28-18(12-26)15-5-3-2-4-14(15)11-21/h2-7,10,13,18H,8-9,12H2,1H3. The third-order valence-electron chi connectivity index (χ3n) is 4.73. The molecule has 2 aromatic heterocycles. The number of ether oxygens (including phenoxy) is 1. The van der Waals surface area contributed by atoms with Crippen LogP contribution in [0.15, 0.2) is 53.7 Å². The maximum absolute atomic E-state index is 12.5. The summed E-state index contributed by atoms with van der Waals surface area (Å²) >= 11 is 0. The first-order valence-corrected chi connectivity index (χ1v) is 8.87. The van der Waals surface area contributed by atoms with Crippen LogP contribution in [-0.4, -0.2) is 39.2 Å². The number of hydrogen-bond donors (Lipinski definition) is 0. The largest absolute Gasteiger partial charge is 0.370 e. The van der Waals surface area contributed by atoms with Gasteiger partial charge in [0.25, 0.3) is 5.56 Å². The van der Waals surface area contributed by atoms with Crippen molar-refractivity contribution in [3.63, 3.8) is 0 Å². The van der Waals surface area contributed by atoms with Crippen LogP contribution in [0.2, 0.25) is 0 Å². The van der Waals surface area contributed by atoms with Crippen LogP contribution in [0.4, 0.5) is 5.95 Å².